The van der Waals surface area contributed by atoms with Gasteiger partial charge in [-0.25, -0.2) is 4.79 Å². The zero-order valence-corrected chi connectivity index (χ0v) is 10.4. The molecular weight excluding hydrogens is 220 g/mol. The lowest BCUT2D eigenvalue weighted by molar-refractivity contribution is -0.152. The fraction of sp³-hybridized carbons (Fsp3) is 0.833. The largest absolute Gasteiger partial charge is 0.480 e. The number of carboxylic acids is 1. The van der Waals surface area contributed by atoms with E-state index in [1.54, 1.807) is 0 Å². The maximum absolute atomic E-state index is 12.0. The molecule has 1 amide bonds. The van der Waals surface area contributed by atoms with Gasteiger partial charge in [-0.1, -0.05) is 6.92 Å². The Hall–Kier alpha value is -1.10. The summed E-state index contributed by atoms with van der Waals surface area (Å²) < 4.78 is 0. The SMILES string of the molecule is CC(CN)CCC(=O)N1CCCC[C@@H]1C(=O)O. The molecular formula is C12H22N2O3. The minimum Gasteiger partial charge on any atom is -0.480 e. The van der Waals surface area contributed by atoms with Gasteiger partial charge >= 0.3 is 5.97 Å². The molecule has 5 heteroatoms. The first kappa shape index (κ1) is 14.0. The second kappa shape index (κ2) is 6.59. The Morgan fingerprint density at radius 2 is 2.18 bits per heavy atom. The number of hydrogen-bond acceptors (Lipinski definition) is 3. The number of amides is 1. The lowest BCUT2D eigenvalue weighted by atomic mass is 10.00. The topological polar surface area (TPSA) is 83.6 Å². The fourth-order valence-electron chi connectivity index (χ4n) is 2.12. The minimum absolute atomic E-state index is 0.0441. The molecule has 0 aliphatic carbocycles. The van der Waals surface area contributed by atoms with Crippen LogP contribution in [-0.4, -0.2) is 41.0 Å². The average Bonchev–Trinajstić information content (AvgIpc) is 2.35. The Morgan fingerprint density at radius 3 is 2.76 bits per heavy atom. The van der Waals surface area contributed by atoms with Gasteiger partial charge in [-0.3, -0.25) is 4.79 Å². The van der Waals surface area contributed by atoms with E-state index in [1.165, 1.54) is 4.90 Å². The molecule has 1 heterocycles. The van der Waals surface area contributed by atoms with Gasteiger partial charge < -0.3 is 15.7 Å². The number of carboxylic acid groups (broad SMARTS) is 1. The van der Waals surface area contributed by atoms with Crippen molar-refractivity contribution >= 4 is 11.9 Å². The molecule has 1 aliphatic rings. The maximum atomic E-state index is 12.0. The van der Waals surface area contributed by atoms with Crippen LogP contribution in [0.5, 0.6) is 0 Å². The zero-order valence-electron chi connectivity index (χ0n) is 10.4. The Kier molecular flexibility index (Phi) is 5.41. The molecule has 1 unspecified atom stereocenters. The zero-order chi connectivity index (χ0) is 12.8. The number of nitrogens with zero attached hydrogens (tertiary/aromatic N) is 1. The Labute approximate surface area is 102 Å². The molecule has 1 rings (SSSR count). The van der Waals surface area contributed by atoms with Crippen LogP contribution in [0.15, 0.2) is 0 Å². The number of carbonyl (C=O) groups excluding carboxylic acids is 1. The highest BCUT2D eigenvalue weighted by molar-refractivity contribution is 5.83. The molecule has 0 radical (unpaired) electrons. The molecule has 0 aromatic carbocycles. The van der Waals surface area contributed by atoms with Gasteiger partial charge in [0.05, 0.1) is 0 Å². The number of nitrogens with two attached hydrogens (primary N) is 1. The molecule has 0 aromatic heterocycles. The summed E-state index contributed by atoms with van der Waals surface area (Å²) in [5.41, 5.74) is 5.49. The monoisotopic (exact) mass is 242 g/mol. The van der Waals surface area contributed by atoms with Crippen molar-refractivity contribution in [3.8, 4) is 0 Å². The Bertz CT molecular complexity index is 281. The van der Waals surface area contributed by atoms with Crippen molar-refractivity contribution in [3.05, 3.63) is 0 Å². The van der Waals surface area contributed by atoms with E-state index in [-0.39, 0.29) is 5.91 Å². The van der Waals surface area contributed by atoms with E-state index < -0.39 is 12.0 Å². The lowest BCUT2D eigenvalue weighted by Gasteiger charge is -2.33. The standard InChI is InChI=1S/C12H22N2O3/c1-9(8-13)5-6-11(15)14-7-3-2-4-10(14)12(16)17/h9-10H,2-8,13H2,1H3,(H,16,17)/t9?,10-/m1/s1. The molecule has 1 saturated heterocycles. The molecule has 3 N–H and O–H groups in total. The summed E-state index contributed by atoms with van der Waals surface area (Å²) in [5, 5.41) is 9.07. The Morgan fingerprint density at radius 1 is 1.47 bits per heavy atom. The molecule has 98 valence electrons. The molecule has 2 atom stereocenters. The van der Waals surface area contributed by atoms with Crippen LogP contribution >= 0.6 is 0 Å². The summed E-state index contributed by atoms with van der Waals surface area (Å²) in [6.45, 7) is 3.14. The second-order valence-electron chi connectivity index (χ2n) is 4.82. The Balaban J connectivity index is 2.50. The van der Waals surface area contributed by atoms with Crippen molar-refractivity contribution in [2.75, 3.05) is 13.1 Å². The van der Waals surface area contributed by atoms with Crippen molar-refractivity contribution < 1.29 is 14.7 Å². The van der Waals surface area contributed by atoms with Crippen molar-refractivity contribution in [1.82, 2.24) is 4.90 Å². The predicted octanol–water partition coefficient (Wildman–Crippen LogP) is 0.827. The number of aliphatic carboxylic acids is 1. The predicted molar refractivity (Wildman–Crippen MR) is 64.4 cm³/mol. The second-order valence-corrected chi connectivity index (χ2v) is 4.82. The van der Waals surface area contributed by atoms with Crippen LogP contribution in [0.3, 0.4) is 0 Å². The third-order valence-electron chi connectivity index (χ3n) is 3.36. The van der Waals surface area contributed by atoms with Gasteiger partial charge in [0.2, 0.25) is 5.91 Å². The fourth-order valence-corrected chi connectivity index (χ4v) is 2.12. The number of carbonyl (C=O) groups is 2. The normalized spacial score (nSPS) is 22.2. The average molecular weight is 242 g/mol. The molecule has 17 heavy (non-hydrogen) atoms. The van der Waals surface area contributed by atoms with Gasteiger partial charge in [0.25, 0.3) is 0 Å². The summed E-state index contributed by atoms with van der Waals surface area (Å²) in [6.07, 6.45) is 3.51. The van der Waals surface area contributed by atoms with Gasteiger partial charge in [0, 0.05) is 13.0 Å². The number of rotatable bonds is 5. The van der Waals surface area contributed by atoms with Crippen molar-refractivity contribution in [2.45, 2.75) is 45.1 Å². The van der Waals surface area contributed by atoms with E-state index in [9.17, 15) is 9.59 Å². The molecule has 5 nitrogen and oxygen atoms in total. The van der Waals surface area contributed by atoms with E-state index in [4.69, 9.17) is 10.8 Å². The molecule has 1 aliphatic heterocycles. The first-order valence-electron chi connectivity index (χ1n) is 6.28. The summed E-state index contributed by atoms with van der Waals surface area (Å²) in [5.74, 6) is -0.616. The maximum Gasteiger partial charge on any atom is 0.326 e. The van der Waals surface area contributed by atoms with E-state index >= 15 is 0 Å². The summed E-state index contributed by atoms with van der Waals surface area (Å²) in [6, 6.07) is -0.621. The molecule has 0 bridgehead atoms. The van der Waals surface area contributed by atoms with Crippen molar-refractivity contribution in [2.24, 2.45) is 11.7 Å². The van der Waals surface area contributed by atoms with Crippen LogP contribution in [0.1, 0.15) is 39.0 Å². The number of piperidine rings is 1. The van der Waals surface area contributed by atoms with Gasteiger partial charge in [-0.2, -0.15) is 0 Å². The van der Waals surface area contributed by atoms with Crippen LogP contribution in [0.2, 0.25) is 0 Å². The van der Waals surface area contributed by atoms with E-state index in [0.29, 0.717) is 31.8 Å². The van der Waals surface area contributed by atoms with Crippen LogP contribution in [-0.2, 0) is 9.59 Å². The van der Waals surface area contributed by atoms with Crippen LogP contribution in [0.25, 0.3) is 0 Å². The number of likely N-dealkylation sites (tertiary alicyclic amines) is 1. The van der Waals surface area contributed by atoms with E-state index in [0.717, 1.165) is 19.3 Å². The summed E-state index contributed by atoms with van der Waals surface area (Å²) >= 11 is 0. The molecule has 0 aromatic rings. The van der Waals surface area contributed by atoms with E-state index in [2.05, 4.69) is 0 Å². The van der Waals surface area contributed by atoms with Crippen LogP contribution in [0, 0.1) is 5.92 Å². The highest BCUT2D eigenvalue weighted by Gasteiger charge is 2.31. The van der Waals surface area contributed by atoms with E-state index in [1.807, 2.05) is 6.92 Å². The minimum atomic E-state index is -0.884. The van der Waals surface area contributed by atoms with Gasteiger partial charge in [-0.15, -0.1) is 0 Å². The summed E-state index contributed by atoms with van der Waals surface area (Å²) in [7, 11) is 0. The van der Waals surface area contributed by atoms with Crippen LogP contribution in [0.4, 0.5) is 0 Å². The third-order valence-corrected chi connectivity index (χ3v) is 3.36. The number of hydrogen-bond donors (Lipinski definition) is 2. The molecule has 1 fully saturated rings. The van der Waals surface area contributed by atoms with Crippen molar-refractivity contribution in [1.29, 1.82) is 0 Å². The first-order chi connectivity index (χ1) is 8.06. The first-order valence-corrected chi connectivity index (χ1v) is 6.28. The highest BCUT2D eigenvalue weighted by Crippen LogP contribution is 2.19. The smallest absolute Gasteiger partial charge is 0.326 e. The lowest BCUT2D eigenvalue weighted by Crippen LogP contribution is -2.48. The molecule has 0 saturated carbocycles. The van der Waals surface area contributed by atoms with Gasteiger partial charge in [-0.05, 0) is 38.1 Å². The third kappa shape index (κ3) is 4.00. The van der Waals surface area contributed by atoms with Crippen LogP contribution < -0.4 is 5.73 Å². The van der Waals surface area contributed by atoms with Crippen molar-refractivity contribution in [3.63, 3.8) is 0 Å². The molecule has 0 spiro atoms. The van der Waals surface area contributed by atoms with Gasteiger partial charge in [0.15, 0.2) is 0 Å². The summed E-state index contributed by atoms with van der Waals surface area (Å²) in [4.78, 5) is 24.5. The van der Waals surface area contributed by atoms with Gasteiger partial charge in [0.1, 0.15) is 6.04 Å². The quantitative estimate of drug-likeness (QED) is 0.748. The highest BCUT2D eigenvalue weighted by atomic mass is 16.4.